The van der Waals surface area contributed by atoms with Gasteiger partial charge in [-0.3, -0.25) is 4.79 Å². The Morgan fingerprint density at radius 3 is 2.84 bits per heavy atom. The van der Waals surface area contributed by atoms with Crippen molar-refractivity contribution in [2.24, 2.45) is 5.41 Å². The molecule has 1 amide bonds. The lowest BCUT2D eigenvalue weighted by Crippen LogP contribution is -2.45. The van der Waals surface area contributed by atoms with Gasteiger partial charge in [-0.25, -0.2) is 0 Å². The molecule has 0 aliphatic heterocycles. The van der Waals surface area contributed by atoms with Crippen molar-refractivity contribution in [2.75, 3.05) is 13.2 Å². The second-order valence-electron chi connectivity index (χ2n) is 5.54. The van der Waals surface area contributed by atoms with Crippen LogP contribution in [-0.4, -0.2) is 30.2 Å². The Morgan fingerprint density at radius 1 is 1.53 bits per heavy atom. The molecule has 0 aliphatic carbocycles. The minimum atomic E-state index is -0.270. The molecule has 0 fully saturated rings. The van der Waals surface area contributed by atoms with Gasteiger partial charge in [-0.2, -0.15) is 0 Å². The maximum absolute atomic E-state index is 11.8. The van der Waals surface area contributed by atoms with E-state index in [9.17, 15) is 4.79 Å². The van der Waals surface area contributed by atoms with Crippen LogP contribution in [0.2, 0.25) is 0 Å². The van der Waals surface area contributed by atoms with Gasteiger partial charge in [0.05, 0.1) is 18.8 Å². The van der Waals surface area contributed by atoms with E-state index in [-0.39, 0.29) is 24.0 Å². The molecule has 1 rings (SSSR count). The highest BCUT2D eigenvalue weighted by molar-refractivity contribution is 5.81. The predicted molar refractivity (Wildman–Crippen MR) is 73.5 cm³/mol. The summed E-state index contributed by atoms with van der Waals surface area (Å²) in [5.41, 5.74) is -0.0235. The standard InChI is InChI=1S/C14H24N2O3/c1-11(16-10-14(2,3)6-7-17)13(18)15-9-12-5-4-8-19-12/h4-5,8,11,16-17H,6-7,9-10H2,1-3H3,(H,15,18). The molecule has 0 saturated carbocycles. The summed E-state index contributed by atoms with van der Waals surface area (Å²) in [5, 5.41) is 14.9. The van der Waals surface area contributed by atoms with Crippen LogP contribution in [0.1, 0.15) is 33.0 Å². The lowest BCUT2D eigenvalue weighted by molar-refractivity contribution is -0.123. The summed E-state index contributed by atoms with van der Waals surface area (Å²) in [6.45, 7) is 7.19. The molecule has 1 aromatic rings. The number of amides is 1. The summed E-state index contributed by atoms with van der Waals surface area (Å²) in [7, 11) is 0. The van der Waals surface area contributed by atoms with Gasteiger partial charge in [0.15, 0.2) is 0 Å². The van der Waals surface area contributed by atoms with Gasteiger partial charge in [0, 0.05) is 13.2 Å². The summed E-state index contributed by atoms with van der Waals surface area (Å²) in [4.78, 5) is 11.8. The normalized spacial score (nSPS) is 13.3. The number of aliphatic hydroxyl groups excluding tert-OH is 1. The first-order valence-electron chi connectivity index (χ1n) is 6.59. The minimum absolute atomic E-state index is 0.0235. The molecule has 1 aromatic heterocycles. The summed E-state index contributed by atoms with van der Waals surface area (Å²) in [5.74, 6) is 0.678. The van der Waals surface area contributed by atoms with Crippen LogP contribution in [0.5, 0.6) is 0 Å². The van der Waals surface area contributed by atoms with Crippen LogP contribution in [0.25, 0.3) is 0 Å². The zero-order valence-corrected chi connectivity index (χ0v) is 11.9. The van der Waals surface area contributed by atoms with Gasteiger partial charge < -0.3 is 20.2 Å². The Morgan fingerprint density at radius 2 is 2.26 bits per heavy atom. The van der Waals surface area contributed by atoms with E-state index in [1.165, 1.54) is 0 Å². The molecule has 0 radical (unpaired) electrons. The van der Waals surface area contributed by atoms with Crippen LogP contribution < -0.4 is 10.6 Å². The fourth-order valence-corrected chi connectivity index (χ4v) is 1.65. The number of aliphatic hydroxyl groups is 1. The second kappa shape index (κ2) is 7.31. The van der Waals surface area contributed by atoms with Crippen LogP contribution in [0.3, 0.4) is 0 Å². The number of furan rings is 1. The maximum atomic E-state index is 11.8. The highest BCUT2D eigenvalue weighted by Gasteiger charge is 2.20. The Bertz CT molecular complexity index is 374. The van der Waals surface area contributed by atoms with Crippen molar-refractivity contribution in [1.82, 2.24) is 10.6 Å². The first-order chi connectivity index (χ1) is 8.94. The van der Waals surface area contributed by atoms with Crippen LogP contribution in [0.4, 0.5) is 0 Å². The number of hydrogen-bond donors (Lipinski definition) is 3. The van der Waals surface area contributed by atoms with E-state index in [1.807, 2.05) is 13.0 Å². The fraction of sp³-hybridized carbons (Fsp3) is 0.643. The quantitative estimate of drug-likeness (QED) is 0.664. The third-order valence-electron chi connectivity index (χ3n) is 3.09. The van der Waals surface area contributed by atoms with Crippen molar-refractivity contribution in [3.05, 3.63) is 24.2 Å². The number of carbonyl (C=O) groups excluding carboxylic acids is 1. The zero-order valence-electron chi connectivity index (χ0n) is 11.9. The van der Waals surface area contributed by atoms with Crippen molar-refractivity contribution in [3.63, 3.8) is 0 Å². The first kappa shape index (κ1) is 15.7. The Labute approximate surface area is 114 Å². The highest BCUT2D eigenvalue weighted by Crippen LogP contribution is 2.18. The largest absolute Gasteiger partial charge is 0.467 e. The molecule has 1 atom stereocenters. The van der Waals surface area contributed by atoms with E-state index in [1.54, 1.807) is 12.3 Å². The van der Waals surface area contributed by atoms with Gasteiger partial charge in [-0.15, -0.1) is 0 Å². The molecular weight excluding hydrogens is 244 g/mol. The van der Waals surface area contributed by atoms with Gasteiger partial charge in [-0.1, -0.05) is 13.8 Å². The summed E-state index contributed by atoms with van der Waals surface area (Å²) in [6, 6.07) is 3.34. The molecule has 5 heteroatoms. The molecule has 1 heterocycles. The van der Waals surface area contributed by atoms with Crippen molar-refractivity contribution in [3.8, 4) is 0 Å². The van der Waals surface area contributed by atoms with Gasteiger partial charge in [-0.05, 0) is 30.9 Å². The van der Waals surface area contributed by atoms with Crippen molar-refractivity contribution >= 4 is 5.91 Å². The monoisotopic (exact) mass is 268 g/mol. The lowest BCUT2D eigenvalue weighted by atomic mass is 9.89. The fourth-order valence-electron chi connectivity index (χ4n) is 1.65. The molecule has 1 unspecified atom stereocenters. The molecule has 3 N–H and O–H groups in total. The highest BCUT2D eigenvalue weighted by atomic mass is 16.3. The molecule has 0 aromatic carbocycles. The Hall–Kier alpha value is -1.33. The molecule has 5 nitrogen and oxygen atoms in total. The van der Waals surface area contributed by atoms with E-state index in [2.05, 4.69) is 24.5 Å². The van der Waals surface area contributed by atoms with E-state index in [0.717, 1.165) is 5.76 Å². The van der Waals surface area contributed by atoms with Crippen LogP contribution in [0.15, 0.2) is 22.8 Å². The number of nitrogens with one attached hydrogen (secondary N) is 2. The average Bonchev–Trinajstić information content (AvgIpc) is 2.86. The Balaban J connectivity index is 2.28. The molecule has 0 bridgehead atoms. The number of carbonyl (C=O) groups is 1. The topological polar surface area (TPSA) is 74.5 Å². The van der Waals surface area contributed by atoms with E-state index >= 15 is 0 Å². The SMILES string of the molecule is CC(NCC(C)(C)CCO)C(=O)NCc1ccco1. The van der Waals surface area contributed by atoms with Gasteiger partial charge >= 0.3 is 0 Å². The summed E-state index contributed by atoms with van der Waals surface area (Å²) >= 11 is 0. The molecule has 0 saturated heterocycles. The maximum Gasteiger partial charge on any atom is 0.237 e. The zero-order chi connectivity index (χ0) is 14.3. The van der Waals surface area contributed by atoms with Crippen LogP contribution >= 0.6 is 0 Å². The van der Waals surface area contributed by atoms with E-state index in [4.69, 9.17) is 9.52 Å². The molecular formula is C14H24N2O3. The van der Waals surface area contributed by atoms with Crippen LogP contribution in [0, 0.1) is 5.41 Å². The molecule has 108 valence electrons. The average molecular weight is 268 g/mol. The lowest BCUT2D eigenvalue weighted by Gasteiger charge is -2.26. The summed E-state index contributed by atoms with van der Waals surface area (Å²) in [6.07, 6.45) is 2.29. The van der Waals surface area contributed by atoms with Crippen molar-refractivity contribution in [1.29, 1.82) is 0 Å². The van der Waals surface area contributed by atoms with E-state index < -0.39 is 0 Å². The van der Waals surface area contributed by atoms with E-state index in [0.29, 0.717) is 19.5 Å². The second-order valence-corrected chi connectivity index (χ2v) is 5.54. The van der Waals surface area contributed by atoms with Crippen LogP contribution in [-0.2, 0) is 11.3 Å². The smallest absolute Gasteiger partial charge is 0.237 e. The predicted octanol–water partition coefficient (Wildman–Crippen LogP) is 1.28. The Kier molecular flexibility index (Phi) is 6.05. The summed E-state index contributed by atoms with van der Waals surface area (Å²) < 4.78 is 5.15. The van der Waals surface area contributed by atoms with Gasteiger partial charge in [0.25, 0.3) is 0 Å². The van der Waals surface area contributed by atoms with Crippen molar-refractivity contribution in [2.45, 2.75) is 39.8 Å². The molecule has 0 spiro atoms. The number of rotatable bonds is 8. The first-order valence-corrected chi connectivity index (χ1v) is 6.59. The van der Waals surface area contributed by atoms with Gasteiger partial charge in [0.1, 0.15) is 5.76 Å². The van der Waals surface area contributed by atoms with Gasteiger partial charge in [0.2, 0.25) is 5.91 Å². The minimum Gasteiger partial charge on any atom is -0.467 e. The molecule has 0 aliphatic rings. The third-order valence-corrected chi connectivity index (χ3v) is 3.09. The molecule has 19 heavy (non-hydrogen) atoms. The third kappa shape index (κ3) is 5.89. The number of hydrogen-bond acceptors (Lipinski definition) is 4. The van der Waals surface area contributed by atoms with Crippen molar-refractivity contribution < 1.29 is 14.3 Å².